The van der Waals surface area contributed by atoms with Gasteiger partial charge in [-0.3, -0.25) is 9.55 Å². The van der Waals surface area contributed by atoms with Crippen LogP contribution in [0.5, 0.6) is 5.75 Å². The lowest BCUT2D eigenvalue weighted by Crippen LogP contribution is -2.18. The van der Waals surface area contributed by atoms with Crippen LogP contribution in [0.25, 0.3) is 95.0 Å². The van der Waals surface area contributed by atoms with E-state index in [4.69, 9.17) is 9.97 Å². The van der Waals surface area contributed by atoms with Crippen molar-refractivity contribution in [2.45, 2.75) is 45.4 Å². The Bertz CT molecular complexity index is 3680. The van der Waals surface area contributed by atoms with Crippen LogP contribution in [0, 0.1) is 0 Å². The summed E-state index contributed by atoms with van der Waals surface area (Å²) in [6.07, 6.45) is 1.92. The van der Waals surface area contributed by atoms with Crippen molar-refractivity contribution in [2.75, 3.05) is 0 Å². The average molecular weight is 918 g/mol. The third-order valence-corrected chi connectivity index (χ3v) is 14.1. The Morgan fingerprint density at radius 1 is 0.380 bits per heavy atom. The van der Waals surface area contributed by atoms with Crippen LogP contribution in [0.1, 0.15) is 51.3 Å². The monoisotopic (exact) mass is 917 g/mol. The van der Waals surface area contributed by atoms with Crippen LogP contribution in [-0.4, -0.2) is 19.6 Å². The minimum atomic E-state index is -0.134. The van der Waals surface area contributed by atoms with Crippen LogP contribution < -0.4 is 0 Å². The highest BCUT2D eigenvalue weighted by Gasteiger charge is 2.26. The predicted octanol–water partition coefficient (Wildman–Crippen LogP) is 17.4. The van der Waals surface area contributed by atoms with Gasteiger partial charge in [-0.15, -0.1) is 0 Å². The van der Waals surface area contributed by atoms with E-state index in [1.807, 2.05) is 54.7 Å². The lowest BCUT2D eigenvalue weighted by molar-refractivity contribution is 0.479. The second-order valence-corrected chi connectivity index (χ2v) is 20.0. The molecule has 2 aromatic heterocycles. The number of rotatable bonds is 10. The standard InChI is InChI=1S/C67H55N3O/c1-66(2,3)55-36-37-61(59(44-55)48-24-14-8-15-25-48)70-62-31-19-28-56(63(62)69-65(70)58-30-18-29-57(64(58)71)47-22-12-7-13-23-47)51-40-50(45-20-10-6-11-21-45)41-52(42-51)60-43-49(38-39-68-60)46-32-34-54(35-33-46)67(4,5)53-26-16-9-17-27-53/h6-44,71H,1-5H3. The van der Waals surface area contributed by atoms with Crippen molar-refractivity contribution < 1.29 is 5.11 Å². The first-order chi connectivity index (χ1) is 34.5. The smallest absolute Gasteiger partial charge is 0.149 e. The topological polar surface area (TPSA) is 50.9 Å². The highest BCUT2D eigenvalue weighted by molar-refractivity contribution is 5.99. The maximum absolute atomic E-state index is 12.4. The van der Waals surface area contributed by atoms with Crippen molar-refractivity contribution >= 4 is 11.0 Å². The van der Waals surface area contributed by atoms with Gasteiger partial charge in [-0.2, -0.15) is 0 Å². The molecule has 0 amide bonds. The first kappa shape index (κ1) is 44.9. The Labute approximate surface area is 417 Å². The third kappa shape index (κ3) is 8.63. The van der Waals surface area contributed by atoms with E-state index in [-0.39, 0.29) is 16.6 Å². The summed E-state index contributed by atoms with van der Waals surface area (Å²) < 4.78 is 2.25. The number of phenols is 1. The molecular formula is C67H55N3O. The van der Waals surface area contributed by atoms with Gasteiger partial charge >= 0.3 is 0 Å². The number of pyridine rings is 1. The highest BCUT2D eigenvalue weighted by Crippen LogP contribution is 2.45. The van der Waals surface area contributed by atoms with Crippen molar-refractivity contribution in [3.05, 3.63) is 253 Å². The quantitative estimate of drug-likeness (QED) is 0.149. The van der Waals surface area contributed by atoms with E-state index in [0.717, 1.165) is 83.6 Å². The molecule has 4 heteroatoms. The van der Waals surface area contributed by atoms with E-state index < -0.39 is 0 Å². The van der Waals surface area contributed by atoms with Gasteiger partial charge in [-0.1, -0.05) is 211 Å². The first-order valence-electron chi connectivity index (χ1n) is 24.4. The summed E-state index contributed by atoms with van der Waals surface area (Å²) >= 11 is 0. The van der Waals surface area contributed by atoms with Gasteiger partial charge in [0.15, 0.2) is 0 Å². The Morgan fingerprint density at radius 2 is 0.915 bits per heavy atom. The van der Waals surface area contributed by atoms with E-state index in [1.54, 1.807) is 0 Å². The number of phenolic OH excluding ortho intramolecular Hbond substituents is 1. The number of hydrogen-bond donors (Lipinski definition) is 1. The van der Waals surface area contributed by atoms with Crippen LogP contribution in [0.3, 0.4) is 0 Å². The summed E-state index contributed by atoms with van der Waals surface area (Å²) in [6, 6.07) is 81.1. The number of imidazole rings is 1. The molecule has 9 aromatic carbocycles. The summed E-state index contributed by atoms with van der Waals surface area (Å²) in [6.45, 7) is 11.3. The fourth-order valence-electron chi connectivity index (χ4n) is 9.97. The van der Waals surface area contributed by atoms with Crippen LogP contribution >= 0.6 is 0 Å². The summed E-state index contributed by atoms with van der Waals surface area (Å²) in [5, 5.41) is 12.4. The second kappa shape index (κ2) is 18.4. The van der Waals surface area contributed by atoms with Gasteiger partial charge < -0.3 is 5.11 Å². The van der Waals surface area contributed by atoms with E-state index >= 15 is 0 Å². The predicted molar refractivity (Wildman–Crippen MR) is 296 cm³/mol. The first-order valence-corrected chi connectivity index (χ1v) is 24.4. The highest BCUT2D eigenvalue weighted by atomic mass is 16.3. The molecule has 0 radical (unpaired) electrons. The van der Waals surface area contributed by atoms with Gasteiger partial charge in [0.1, 0.15) is 11.6 Å². The minimum absolute atomic E-state index is 0.0858. The van der Waals surface area contributed by atoms with E-state index in [1.165, 1.54) is 16.7 Å². The largest absolute Gasteiger partial charge is 0.507 e. The van der Waals surface area contributed by atoms with Gasteiger partial charge in [-0.05, 0) is 116 Å². The number of aromatic hydroxyl groups is 1. The van der Waals surface area contributed by atoms with E-state index in [2.05, 4.69) is 221 Å². The lowest BCUT2D eigenvalue weighted by Gasteiger charge is -2.26. The lowest BCUT2D eigenvalue weighted by atomic mass is 9.78. The molecule has 0 bridgehead atoms. The Balaban J connectivity index is 1.11. The molecule has 0 aliphatic heterocycles. The van der Waals surface area contributed by atoms with Crippen molar-refractivity contribution in [1.29, 1.82) is 0 Å². The third-order valence-electron chi connectivity index (χ3n) is 14.1. The number of hydrogen-bond acceptors (Lipinski definition) is 3. The van der Waals surface area contributed by atoms with Gasteiger partial charge in [-0.25, -0.2) is 4.98 Å². The summed E-state index contributed by atoms with van der Waals surface area (Å²) in [5.74, 6) is 0.827. The molecule has 0 atom stereocenters. The zero-order valence-electron chi connectivity index (χ0n) is 40.8. The Kier molecular flexibility index (Phi) is 11.6. The number of fused-ring (bicyclic) bond motifs is 1. The van der Waals surface area contributed by atoms with Gasteiger partial charge in [0, 0.05) is 33.9 Å². The SMILES string of the molecule is CC(C)(C)c1ccc(-n2c(-c3cccc(-c4ccccc4)c3O)nc3c(-c4cc(-c5ccccc5)cc(-c5cc(-c6ccc(C(C)(C)c7ccccc7)cc6)ccn5)c4)cccc32)c(-c2ccccc2)c1. The molecule has 0 aliphatic rings. The van der Waals surface area contributed by atoms with Crippen molar-refractivity contribution in [3.8, 4) is 89.7 Å². The fourth-order valence-corrected chi connectivity index (χ4v) is 9.97. The number of nitrogens with zero attached hydrogens (tertiary/aromatic N) is 3. The molecular weight excluding hydrogens is 863 g/mol. The molecule has 0 spiro atoms. The van der Waals surface area contributed by atoms with E-state index in [9.17, 15) is 5.11 Å². The molecule has 0 fully saturated rings. The van der Waals surface area contributed by atoms with Crippen LogP contribution in [-0.2, 0) is 10.8 Å². The summed E-state index contributed by atoms with van der Waals surface area (Å²) in [7, 11) is 0. The number of para-hydroxylation sites is 2. The molecule has 0 unspecified atom stereocenters. The van der Waals surface area contributed by atoms with Crippen LogP contribution in [0.2, 0.25) is 0 Å². The molecule has 0 aliphatic carbocycles. The maximum Gasteiger partial charge on any atom is 0.149 e. The Morgan fingerprint density at radius 3 is 1.59 bits per heavy atom. The van der Waals surface area contributed by atoms with Crippen molar-refractivity contribution in [1.82, 2.24) is 14.5 Å². The molecule has 0 saturated carbocycles. The zero-order valence-corrected chi connectivity index (χ0v) is 40.8. The number of benzene rings is 9. The van der Waals surface area contributed by atoms with Crippen molar-refractivity contribution in [2.24, 2.45) is 0 Å². The van der Waals surface area contributed by atoms with Gasteiger partial charge in [0.25, 0.3) is 0 Å². The van der Waals surface area contributed by atoms with Crippen LogP contribution in [0.4, 0.5) is 0 Å². The maximum atomic E-state index is 12.4. The molecule has 0 saturated heterocycles. The second-order valence-electron chi connectivity index (χ2n) is 20.0. The van der Waals surface area contributed by atoms with Crippen molar-refractivity contribution in [3.63, 3.8) is 0 Å². The molecule has 4 nitrogen and oxygen atoms in total. The van der Waals surface area contributed by atoms with Gasteiger partial charge in [0.05, 0.1) is 28.0 Å². The minimum Gasteiger partial charge on any atom is -0.507 e. The molecule has 1 N–H and O–H groups in total. The Hall–Kier alpha value is -8.60. The van der Waals surface area contributed by atoms with Gasteiger partial charge in [0.2, 0.25) is 0 Å². The fraction of sp³-hybridized carbons (Fsp3) is 0.104. The molecule has 11 aromatic rings. The molecule has 2 heterocycles. The molecule has 344 valence electrons. The molecule has 11 rings (SSSR count). The average Bonchev–Trinajstić information content (AvgIpc) is 3.81. The van der Waals surface area contributed by atoms with E-state index in [0.29, 0.717) is 11.4 Å². The summed E-state index contributed by atoms with van der Waals surface area (Å²) in [5.41, 5.74) is 19.0. The molecule has 71 heavy (non-hydrogen) atoms. The number of aromatic nitrogens is 3. The normalized spacial score (nSPS) is 11.8. The summed E-state index contributed by atoms with van der Waals surface area (Å²) in [4.78, 5) is 10.6. The zero-order chi connectivity index (χ0) is 48.7. The van der Waals surface area contributed by atoms with Crippen LogP contribution in [0.15, 0.2) is 237 Å².